The molecule has 0 aliphatic carbocycles. The zero-order valence-electron chi connectivity index (χ0n) is 19.4. The molecule has 4 rings (SSSR count). The molecule has 1 aromatic heterocycles. The topological polar surface area (TPSA) is 150 Å². The minimum absolute atomic E-state index is 0.00525. The van der Waals surface area contributed by atoms with Gasteiger partial charge in [-0.2, -0.15) is 17.9 Å². The van der Waals surface area contributed by atoms with Crippen LogP contribution in [-0.2, 0) is 21.1 Å². The van der Waals surface area contributed by atoms with E-state index in [-0.39, 0.29) is 34.1 Å². The van der Waals surface area contributed by atoms with E-state index in [9.17, 15) is 40.9 Å². The summed E-state index contributed by atoms with van der Waals surface area (Å²) in [5.41, 5.74) is -1.18. The van der Waals surface area contributed by atoms with Gasteiger partial charge < -0.3 is 19.9 Å². The Morgan fingerprint density at radius 1 is 1.22 bits per heavy atom. The second kappa shape index (κ2) is 9.19. The van der Waals surface area contributed by atoms with Crippen molar-refractivity contribution < 1.29 is 36.2 Å². The molecule has 2 atom stereocenters. The monoisotopic (exact) mass is 558 g/mol. The standard InChI is InChI=1S/C22H22F3N4O6PS/c1-12(22(23,24)25)9-10-29-16-6-4-3-5-14(16)19(30)18(21(29)31)20-26-15-8-7-13(28-37(2,34)35)11-17(15)36(32,33)27-20/h3-8,11-12,28,30H,9-10H2,1-2H3,(H2,26,27,32,33). The van der Waals surface area contributed by atoms with Gasteiger partial charge >= 0.3 is 13.7 Å². The molecule has 1 aliphatic rings. The molecule has 3 aromatic rings. The first-order chi connectivity index (χ1) is 17.1. The van der Waals surface area contributed by atoms with E-state index in [2.05, 4.69) is 14.8 Å². The molecule has 0 spiro atoms. The van der Waals surface area contributed by atoms with Gasteiger partial charge in [0.25, 0.3) is 5.56 Å². The van der Waals surface area contributed by atoms with Crippen molar-refractivity contribution in [3.8, 4) is 5.75 Å². The molecule has 2 unspecified atom stereocenters. The lowest BCUT2D eigenvalue weighted by Gasteiger charge is -2.24. The van der Waals surface area contributed by atoms with Gasteiger partial charge in [0.2, 0.25) is 10.0 Å². The third-order valence-corrected chi connectivity index (χ3v) is 7.91. The predicted molar refractivity (Wildman–Crippen MR) is 134 cm³/mol. The highest BCUT2D eigenvalue weighted by Gasteiger charge is 2.36. The summed E-state index contributed by atoms with van der Waals surface area (Å²) in [4.78, 5) is 24.1. The van der Waals surface area contributed by atoms with Crippen molar-refractivity contribution in [2.75, 3.05) is 16.3 Å². The number of sulfonamides is 1. The minimum Gasteiger partial charge on any atom is -0.506 e. The highest BCUT2D eigenvalue weighted by atomic mass is 32.2. The lowest BCUT2D eigenvalue weighted by molar-refractivity contribution is -0.171. The van der Waals surface area contributed by atoms with Crippen molar-refractivity contribution in [1.82, 2.24) is 4.57 Å². The van der Waals surface area contributed by atoms with Crippen LogP contribution in [0.4, 0.5) is 24.5 Å². The second-order valence-electron chi connectivity index (χ2n) is 8.65. The van der Waals surface area contributed by atoms with Gasteiger partial charge in [-0.05, 0) is 36.8 Å². The van der Waals surface area contributed by atoms with Crippen molar-refractivity contribution in [3.63, 3.8) is 0 Å². The molecule has 15 heteroatoms. The van der Waals surface area contributed by atoms with Crippen molar-refractivity contribution >= 4 is 51.0 Å². The average molecular weight is 558 g/mol. The van der Waals surface area contributed by atoms with E-state index in [0.717, 1.165) is 23.8 Å². The molecule has 10 nitrogen and oxygen atoms in total. The largest absolute Gasteiger partial charge is 0.506 e. The van der Waals surface area contributed by atoms with E-state index in [1.807, 2.05) is 0 Å². The number of aryl methyl sites for hydroxylation is 1. The number of para-hydroxylation sites is 1. The Balaban J connectivity index is 1.84. The van der Waals surface area contributed by atoms with E-state index in [1.54, 1.807) is 12.1 Å². The Morgan fingerprint density at radius 2 is 1.89 bits per heavy atom. The Morgan fingerprint density at radius 3 is 2.54 bits per heavy atom. The molecule has 2 heterocycles. The fourth-order valence-corrected chi connectivity index (χ4v) is 5.76. The Labute approximate surface area is 209 Å². The van der Waals surface area contributed by atoms with Gasteiger partial charge in [-0.1, -0.05) is 19.1 Å². The molecule has 0 bridgehead atoms. The molecule has 0 saturated carbocycles. The number of aromatic hydroxyl groups is 1. The highest BCUT2D eigenvalue weighted by molar-refractivity contribution is 7.92. The summed E-state index contributed by atoms with van der Waals surface area (Å²) >= 11 is 0. The number of aromatic nitrogens is 1. The Bertz CT molecular complexity index is 1650. The van der Waals surface area contributed by atoms with Gasteiger partial charge in [0, 0.05) is 17.6 Å². The van der Waals surface area contributed by atoms with Crippen molar-refractivity contribution in [3.05, 3.63) is 58.4 Å². The van der Waals surface area contributed by atoms with Gasteiger partial charge in [-0.25, -0.2) is 8.42 Å². The van der Waals surface area contributed by atoms with Crippen LogP contribution in [0.5, 0.6) is 5.75 Å². The summed E-state index contributed by atoms with van der Waals surface area (Å²) in [5, 5.41) is 13.5. The average Bonchev–Trinajstić information content (AvgIpc) is 2.77. The Kier molecular flexibility index (Phi) is 6.63. The van der Waals surface area contributed by atoms with Crippen LogP contribution in [-0.4, -0.2) is 41.3 Å². The number of hydrogen-bond donors (Lipinski definition) is 4. The lowest BCUT2D eigenvalue weighted by Crippen LogP contribution is -2.34. The third-order valence-electron chi connectivity index (χ3n) is 5.83. The lowest BCUT2D eigenvalue weighted by atomic mass is 10.1. The van der Waals surface area contributed by atoms with Crippen LogP contribution in [0.2, 0.25) is 0 Å². The quantitative estimate of drug-likeness (QED) is 0.339. The summed E-state index contributed by atoms with van der Waals surface area (Å²) < 4.78 is 82.4. The summed E-state index contributed by atoms with van der Waals surface area (Å²) in [6.07, 6.45) is -3.98. The molecule has 2 aromatic carbocycles. The highest BCUT2D eigenvalue weighted by Crippen LogP contribution is 2.47. The van der Waals surface area contributed by atoms with Crippen LogP contribution < -0.4 is 20.9 Å². The fourth-order valence-electron chi connectivity index (χ4n) is 3.92. The summed E-state index contributed by atoms with van der Waals surface area (Å²) in [6, 6.07) is 9.75. The third kappa shape index (κ3) is 5.36. The van der Waals surface area contributed by atoms with Crippen LogP contribution in [0.1, 0.15) is 18.9 Å². The van der Waals surface area contributed by atoms with E-state index < -0.39 is 58.8 Å². The van der Waals surface area contributed by atoms with Crippen molar-refractivity contribution in [1.29, 1.82) is 0 Å². The maximum absolute atomic E-state index is 13.5. The maximum atomic E-state index is 13.5. The molecule has 0 saturated heterocycles. The predicted octanol–water partition coefficient (Wildman–Crippen LogP) is 3.35. The first kappa shape index (κ1) is 26.7. The first-order valence-electron chi connectivity index (χ1n) is 10.8. The summed E-state index contributed by atoms with van der Waals surface area (Å²) in [6.45, 7) is 0.654. The van der Waals surface area contributed by atoms with Gasteiger partial charge in [0.1, 0.15) is 11.3 Å². The zero-order valence-corrected chi connectivity index (χ0v) is 21.2. The van der Waals surface area contributed by atoms with Crippen LogP contribution >= 0.6 is 7.52 Å². The number of halogens is 3. The van der Waals surface area contributed by atoms with E-state index in [1.165, 1.54) is 24.3 Å². The van der Waals surface area contributed by atoms with Gasteiger partial charge in [0.05, 0.1) is 28.7 Å². The van der Waals surface area contributed by atoms with Crippen LogP contribution in [0, 0.1) is 5.92 Å². The van der Waals surface area contributed by atoms with Gasteiger partial charge in [0.15, 0.2) is 5.84 Å². The first-order valence-corrected chi connectivity index (χ1v) is 14.3. The number of nitrogens with zero attached hydrogens (tertiary/aromatic N) is 2. The number of nitrogens with one attached hydrogen (secondary N) is 2. The summed E-state index contributed by atoms with van der Waals surface area (Å²) in [7, 11) is -8.25. The van der Waals surface area contributed by atoms with Crippen molar-refractivity contribution in [2.45, 2.75) is 26.1 Å². The molecule has 0 amide bonds. The van der Waals surface area contributed by atoms with Crippen LogP contribution in [0.15, 0.2) is 52.0 Å². The number of fused-ring (bicyclic) bond motifs is 2. The fraction of sp³-hybridized carbons (Fsp3) is 0.273. The number of alkyl halides is 3. The number of rotatable bonds is 6. The molecule has 0 fully saturated rings. The number of hydrogen-bond acceptors (Lipinski definition) is 6. The minimum atomic E-state index is -4.58. The number of benzene rings is 2. The Hall–Kier alpha value is -3.35. The molecular weight excluding hydrogens is 536 g/mol. The normalized spacial score (nSPS) is 18.6. The number of anilines is 2. The van der Waals surface area contributed by atoms with Crippen LogP contribution in [0.3, 0.4) is 0 Å². The van der Waals surface area contributed by atoms with Gasteiger partial charge in [-0.3, -0.25) is 14.1 Å². The summed E-state index contributed by atoms with van der Waals surface area (Å²) in [5.74, 6) is -2.72. The van der Waals surface area contributed by atoms with E-state index in [4.69, 9.17) is 0 Å². The van der Waals surface area contributed by atoms with Gasteiger partial charge in [-0.15, -0.1) is 0 Å². The maximum Gasteiger partial charge on any atom is 0.391 e. The molecular formula is C22H22F3N4O6PS. The van der Waals surface area contributed by atoms with E-state index >= 15 is 0 Å². The second-order valence-corrected chi connectivity index (χ2v) is 12.2. The number of amidine groups is 1. The number of pyridine rings is 1. The van der Waals surface area contributed by atoms with E-state index in [0.29, 0.717) is 0 Å². The SMILES string of the molecule is CC(CCn1c(=O)c(C2=NP(=O)(O)c3cc(NS(C)(=O)=O)ccc3N2)c(O)c2ccccc21)C(F)(F)F. The molecule has 37 heavy (non-hydrogen) atoms. The smallest absolute Gasteiger partial charge is 0.391 e. The molecule has 198 valence electrons. The van der Waals surface area contributed by atoms with Crippen LogP contribution in [0.25, 0.3) is 10.9 Å². The van der Waals surface area contributed by atoms with Crippen molar-refractivity contribution in [2.24, 2.45) is 10.7 Å². The molecule has 4 N–H and O–H groups in total. The zero-order chi connectivity index (χ0) is 27.3. The molecule has 1 aliphatic heterocycles. The molecule has 0 radical (unpaired) electrons.